The fourth-order valence-electron chi connectivity index (χ4n) is 14.6. The number of anilines is 6. The maximum atomic E-state index is 7.04. The molecule has 19 aromatic rings. The van der Waals surface area contributed by atoms with Gasteiger partial charge in [0.2, 0.25) is 0 Å². The number of nitrogens with zero attached hydrogens (tertiary/aromatic N) is 2. The van der Waals surface area contributed by atoms with Gasteiger partial charge >= 0.3 is 0 Å². The van der Waals surface area contributed by atoms with E-state index in [0.717, 1.165) is 67.0 Å². The Morgan fingerprint density at radius 3 is 1.54 bits per heavy atom. The number of hydrogen-bond donors (Lipinski definition) is 0. The molecule has 0 bridgehead atoms. The van der Waals surface area contributed by atoms with Crippen molar-refractivity contribution in [1.82, 2.24) is 0 Å². The van der Waals surface area contributed by atoms with Crippen molar-refractivity contribution in [2.24, 2.45) is 0 Å². The molecule has 0 radical (unpaired) electrons. The van der Waals surface area contributed by atoms with E-state index in [2.05, 4.69) is 325 Å². The van der Waals surface area contributed by atoms with Crippen molar-refractivity contribution in [3.05, 3.63) is 315 Å². The summed E-state index contributed by atoms with van der Waals surface area (Å²) in [6.45, 7) is 0. The van der Waals surface area contributed by atoms with E-state index in [9.17, 15) is 0 Å². The van der Waals surface area contributed by atoms with Crippen LogP contribution in [0.3, 0.4) is 0 Å². The Morgan fingerprint density at radius 2 is 0.747 bits per heavy atom. The molecule has 0 saturated carbocycles. The summed E-state index contributed by atoms with van der Waals surface area (Å²) in [6, 6.07) is 116. The highest BCUT2D eigenvalue weighted by atomic mass is 32.1. The van der Waals surface area contributed by atoms with E-state index in [1.165, 1.54) is 117 Å². The molecule has 3 aromatic heterocycles. The summed E-state index contributed by atoms with van der Waals surface area (Å²) in [5.41, 5.74) is 15.5. The van der Waals surface area contributed by atoms with E-state index in [0.29, 0.717) is 0 Å². The lowest BCUT2D eigenvalue weighted by atomic mass is 9.91. The molecular weight excluding hydrogens is 1140 g/mol. The van der Waals surface area contributed by atoms with Crippen LogP contribution in [-0.2, 0) is 0 Å². The molecule has 424 valence electrons. The van der Waals surface area contributed by atoms with E-state index in [1.54, 1.807) is 0 Å². The zero-order chi connectivity index (χ0) is 59.7. The third kappa shape index (κ3) is 8.32. The average molecular weight is 1190 g/mol. The van der Waals surface area contributed by atoms with Crippen LogP contribution >= 0.6 is 22.7 Å². The Kier molecular flexibility index (Phi) is 11.7. The van der Waals surface area contributed by atoms with Crippen LogP contribution in [0.5, 0.6) is 0 Å². The summed E-state index contributed by atoms with van der Waals surface area (Å²) in [5, 5.41) is 19.3. The van der Waals surface area contributed by atoms with Gasteiger partial charge < -0.3 is 14.2 Å². The molecule has 0 fully saturated rings. The SMILES string of the molecule is c1cc(N(c2ccc(-c3ccc4c(c3)sc3cccc(-c5cc6c(oc7c8ccccc8c8ccccc8c67)c6ccccc56)c34)cc2)c2ccc3sc4ccccc4c3c2)cc(N(c2ccc(-c3ccc4ccccc4c3)cc2)c2cccc3ccccc23)c1. The van der Waals surface area contributed by atoms with E-state index in [1.807, 2.05) is 22.7 Å². The van der Waals surface area contributed by atoms with Crippen molar-refractivity contribution in [3.8, 4) is 33.4 Å². The molecule has 0 aliphatic carbocycles. The monoisotopic (exact) mass is 1190 g/mol. The Labute approximate surface area is 532 Å². The maximum Gasteiger partial charge on any atom is 0.143 e. The molecule has 0 amide bonds. The molecule has 19 rings (SSSR count). The lowest BCUT2D eigenvalue weighted by Gasteiger charge is -2.30. The van der Waals surface area contributed by atoms with Crippen molar-refractivity contribution in [1.29, 1.82) is 0 Å². The second-order valence-corrected chi connectivity index (χ2v) is 26.0. The molecule has 0 aliphatic rings. The summed E-state index contributed by atoms with van der Waals surface area (Å²) in [5.74, 6) is 0. The second-order valence-electron chi connectivity index (χ2n) is 23.9. The second kappa shape index (κ2) is 20.6. The molecule has 5 heteroatoms. The Morgan fingerprint density at radius 1 is 0.220 bits per heavy atom. The van der Waals surface area contributed by atoms with Gasteiger partial charge in [-0.2, -0.15) is 0 Å². The van der Waals surface area contributed by atoms with Crippen LogP contribution in [0.15, 0.2) is 320 Å². The zero-order valence-electron chi connectivity index (χ0n) is 49.1. The normalized spacial score (nSPS) is 12.0. The summed E-state index contributed by atoms with van der Waals surface area (Å²) >= 11 is 3.72. The minimum Gasteiger partial charge on any atom is -0.455 e. The third-order valence-corrected chi connectivity index (χ3v) is 21.1. The summed E-state index contributed by atoms with van der Waals surface area (Å²) in [7, 11) is 0. The van der Waals surface area contributed by atoms with Crippen molar-refractivity contribution >= 4 is 173 Å². The van der Waals surface area contributed by atoms with Gasteiger partial charge in [0.1, 0.15) is 11.2 Å². The van der Waals surface area contributed by atoms with Gasteiger partial charge in [-0.05, 0) is 168 Å². The van der Waals surface area contributed by atoms with Gasteiger partial charge in [-0.25, -0.2) is 0 Å². The number of rotatable bonds is 9. The smallest absolute Gasteiger partial charge is 0.143 e. The quantitative estimate of drug-likeness (QED) is 0.134. The van der Waals surface area contributed by atoms with Crippen molar-refractivity contribution in [2.45, 2.75) is 0 Å². The van der Waals surface area contributed by atoms with Gasteiger partial charge in [0.05, 0.1) is 5.69 Å². The fraction of sp³-hybridized carbons (Fsp3) is 0. The van der Waals surface area contributed by atoms with Gasteiger partial charge in [0, 0.05) is 95.7 Å². The summed E-state index contributed by atoms with van der Waals surface area (Å²) in [6.07, 6.45) is 0. The number of thiophene rings is 2. The first-order chi connectivity index (χ1) is 45.1. The highest BCUT2D eigenvalue weighted by molar-refractivity contribution is 7.26. The average Bonchev–Trinajstić information content (AvgIpc) is 1.87. The first-order valence-electron chi connectivity index (χ1n) is 31.0. The van der Waals surface area contributed by atoms with Gasteiger partial charge in [0.15, 0.2) is 0 Å². The number of fused-ring (bicyclic) bond motifs is 18. The van der Waals surface area contributed by atoms with Gasteiger partial charge in [-0.3, -0.25) is 0 Å². The maximum absolute atomic E-state index is 7.04. The predicted octanol–water partition coefficient (Wildman–Crippen LogP) is 26.0. The summed E-state index contributed by atoms with van der Waals surface area (Å²) < 4.78 is 12.1. The Balaban J connectivity index is 0.726. The molecule has 0 spiro atoms. The van der Waals surface area contributed by atoms with Gasteiger partial charge in [-0.15, -0.1) is 22.7 Å². The van der Waals surface area contributed by atoms with E-state index >= 15 is 0 Å². The van der Waals surface area contributed by atoms with Gasteiger partial charge in [0.25, 0.3) is 0 Å². The summed E-state index contributed by atoms with van der Waals surface area (Å²) in [4.78, 5) is 4.85. The number of furan rings is 1. The molecule has 16 aromatic carbocycles. The highest BCUT2D eigenvalue weighted by Crippen LogP contribution is 2.50. The van der Waals surface area contributed by atoms with Crippen molar-refractivity contribution in [3.63, 3.8) is 0 Å². The van der Waals surface area contributed by atoms with Crippen LogP contribution in [0.2, 0.25) is 0 Å². The topological polar surface area (TPSA) is 19.6 Å². The molecule has 0 atom stereocenters. The van der Waals surface area contributed by atoms with Crippen LogP contribution < -0.4 is 9.80 Å². The lowest BCUT2D eigenvalue weighted by molar-refractivity contribution is 0.676. The predicted molar refractivity (Wildman–Crippen MR) is 393 cm³/mol. The van der Waals surface area contributed by atoms with Crippen LogP contribution in [0.1, 0.15) is 0 Å². The van der Waals surface area contributed by atoms with Crippen LogP contribution in [0, 0.1) is 0 Å². The van der Waals surface area contributed by atoms with Crippen molar-refractivity contribution < 1.29 is 4.42 Å². The third-order valence-electron chi connectivity index (χ3n) is 18.8. The van der Waals surface area contributed by atoms with Gasteiger partial charge in [-0.1, -0.05) is 218 Å². The largest absolute Gasteiger partial charge is 0.455 e. The number of hydrogen-bond acceptors (Lipinski definition) is 5. The molecule has 3 nitrogen and oxygen atoms in total. The minimum absolute atomic E-state index is 0.932. The molecule has 3 heterocycles. The van der Waals surface area contributed by atoms with Crippen molar-refractivity contribution in [2.75, 3.05) is 9.80 Å². The van der Waals surface area contributed by atoms with Crippen LogP contribution in [-0.4, -0.2) is 0 Å². The fourth-order valence-corrected chi connectivity index (χ4v) is 16.8. The molecule has 91 heavy (non-hydrogen) atoms. The minimum atomic E-state index is 0.932. The highest BCUT2D eigenvalue weighted by Gasteiger charge is 2.24. The first kappa shape index (κ1) is 51.7. The molecular formula is C86H52N2OS2. The Bertz CT molecular complexity index is 6170. The number of benzene rings is 16. The van der Waals surface area contributed by atoms with Crippen LogP contribution in [0.25, 0.3) is 150 Å². The molecule has 0 aliphatic heterocycles. The van der Waals surface area contributed by atoms with E-state index < -0.39 is 0 Å². The van der Waals surface area contributed by atoms with E-state index in [4.69, 9.17) is 4.42 Å². The Hall–Kier alpha value is -11.3. The molecule has 0 N–H and O–H groups in total. The standard InChI is InChI=1S/C86H52N2OS2/c1-2-18-57-48-58(35-34-53(57)16-1)54-38-43-61(44-39-54)88(78-31-13-19-56-17-3-4-22-65(56)78)63-21-14-20-62(50-63)87(64-45-47-80-76(51-64)69-26-11-12-32-79(69)90-80)60-41-36-55(37-42-60)59-40-46-74-82(49-59)91-81-33-15-30-71(83(74)81)75-52-77-84-70-27-8-5-23-66(70)67-24-6-10-29-73(67)86(84)89-85(77)72-28-9-7-25-68(72)75/h1-52H. The van der Waals surface area contributed by atoms with Crippen LogP contribution in [0.4, 0.5) is 34.1 Å². The van der Waals surface area contributed by atoms with E-state index in [-0.39, 0.29) is 0 Å². The molecule has 0 saturated heterocycles. The lowest BCUT2D eigenvalue weighted by Crippen LogP contribution is -2.13. The zero-order valence-corrected chi connectivity index (χ0v) is 50.8. The first-order valence-corrected chi connectivity index (χ1v) is 32.7. The molecule has 0 unspecified atom stereocenters.